The van der Waals surface area contributed by atoms with Gasteiger partial charge in [-0.15, -0.1) is 0 Å². The first kappa shape index (κ1) is 13.1. The predicted octanol–water partition coefficient (Wildman–Crippen LogP) is 1.73. The third kappa shape index (κ3) is 3.55. The summed E-state index contributed by atoms with van der Waals surface area (Å²) in [6.45, 7) is 4.39. The first-order valence-electron chi connectivity index (χ1n) is 7.52. The molecular formula is C14H24N4O. The van der Waals surface area contributed by atoms with Gasteiger partial charge < -0.3 is 4.74 Å². The molecule has 3 rings (SSSR count). The number of hydrogen-bond acceptors (Lipinski definition) is 4. The molecule has 0 radical (unpaired) electrons. The van der Waals surface area contributed by atoms with Crippen LogP contribution < -0.4 is 5.43 Å². The quantitative estimate of drug-likeness (QED) is 0.899. The van der Waals surface area contributed by atoms with E-state index in [1.807, 2.05) is 0 Å². The molecule has 0 spiro atoms. The lowest BCUT2D eigenvalue weighted by molar-refractivity contribution is 0.0103. The molecule has 5 nitrogen and oxygen atoms in total. The van der Waals surface area contributed by atoms with Crippen LogP contribution >= 0.6 is 0 Å². The van der Waals surface area contributed by atoms with Crippen LogP contribution in [0.3, 0.4) is 0 Å². The SMILES string of the molecule is c1cn(C2CCCCC2)nc1CNN1CCOCC1. The van der Waals surface area contributed by atoms with Gasteiger partial charge in [0.05, 0.1) is 31.5 Å². The molecule has 0 unspecified atom stereocenters. The molecule has 0 aromatic carbocycles. The highest BCUT2D eigenvalue weighted by atomic mass is 16.5. The van der Waals surface area contributed by atoms with Gasteiger partial charge in [0.25, 0.3) is 0 Å². The Kier molecular flexibility index (Phi) is 4.48. The van der Waals surface area contributed by atoms with Gasteiger partial charge in [-0.1, -0.05) is 19.3 Å². The van der Waals surface area contributed by atoms with Crippen LogP contribution in [0.1, 0.15) is 43.8 Å². The van der Waals surface area contributed by atoms with Gasteiger partial charge in [0.2, 0.25) is 0 Å². The first-order valence-corrected chi connectivity index (χ1v) is 7.52. The van der Waals surface area contributed by atoms with E-state index in [0.717, 1.165) is 38.5 Å². The molecule has 1 aliphatic carbocycles. The van der Waals surface area contributed by atoms with Crippen molar-refractivity contribution in [2.24, 2.45) is 0 Å². The molecular weight excluding hydrogens is 240 g/mol. The summed E-state index contributed by atoms with van der Waals surface area (Å²) in [5.41, 5.74) is 4.57. The van der Waals surface area contributed by atoms with Gasteiger partial charge >= 0.3 is 0 Å². The Morgan fingerprint density at radius 1 is 1.21 bits per heavy atom. The lowest BCUT2D eigenvalue weighted by Crippen LogP contribution is -2.45. The maximum atomic E-state index is 5.33. The lowest BCUT2D eigenvalue weighted by atomic mass is 9.96. The number of ether oxygens (including phenoxy) is 1. The third-order valence-corrected chi connectivity index (χ3v) is 4.11. The maximum Gasteiger partial charge on any atom is 0.0776 e. The summed E-state index contributed by atoms with van der Waals surface area (Å²) >= 11 is 0. The molecule has 0 bridgehead atoms. The van der Waals surface area contributed by atoms with Crippen LogP contribution in [-0.2, 0) is 11.3 Å². The van der Waals surface area contributed by atoms with Crippen molar-refractivity contribution in [1.29, 1.82) is 0 Å². The van der Waals surface area contributed by atoms with E-state index in [1.54, 1.807) is 0 Å². The average Bonchev–Trinajstić information content (AvgIpc) is 2.96. The van der Waals surface area contributed by atoms with Crippen LogP contribution in [0.15, 0.2) is 12.3 Å². The second-order valence-electron chi connectivity index (χ2n) is 5.51. The minimum absolute atomic E-state index is 0.630. The molecule has 1 aromatic rings. The Morgan fingerprint density at radius 3 is 2.79 bits per heavy atom. The zero-order chi connectivity index (χ0) is 12.9. The first-order chi connectivity index (χ1) is 9.42. The average molecular weight is 264 g/mol. The lowest BCUT2D eigenvalue weighted by Gasteiger charge is -2.26. The number of nitrogens with one attached hydrogen (secondary N) is 1. The molecule has 1 saturated heterocycles. The van der Waals surface area contributed by atoms with Crippen LogP contribution in [0.4, 0.5) is 0 Å². The minimum atomic E-state index is 0.630. The Morgan fingerprint density at radius 2 is 2.00 bits per heavy atom. The van der Waals surface area contributed by atoms with E-state index in [0.29, 0.717) is 6.04 Å². The Hall–Kier alpha value is -0.910. The molecule has 1 saturated carbocycles. The van der Waals surface area contributed by atoms with Crippen LogP contribution in [0, 0.1) is 0 Å². The summed E-state index contributed by atoms with van der Waals surface area (Å²) in [4.78, 5) is 0. The van der Waals surface area contributed by atoms with Crippen molar-refractivity contribution in [3.05, 3.63) is 18.0 Å². The van der Waals surface area contributed by atoms with Gasteiger partial charge in [0.1, 0.15) is 0 Å². The van der Waals surface area contributed by atoms with E-state index < -0.39 is 0 Å². The molecule has 1 N–H and O–H groups in total. The Balaban J connectivity index is 1.49. The van der Waals surface area contributed by atoms with E-state index >= 15 is 0 Å². The van der Waals surface area contributed by atoms with Crippen molar-refractivity contribution >= 4 is 0 Å². The molecule has 19 heavy (non-hydrogen) atoms. The summed E-state index contributed by atoms with van der Waals surface area (Å²) in [6.07, 6.45) is 8.82. The predicted molar refractivity (Wildman–Crippen MR) is 73.6 cm³/mol. The smallest absolute Gasteiger partial charge is 0.0776 e. The highest BCUT2D eigenvalue weighted by molar-refractivity contribution is 4.99. The van der Waals surface area contributed by atoms with Crippen LogP contribution in [0.25, 0.3) is 0 Å². The fourth-order valence-electron chi connectivity index (χ4n) is 2.93. The molecule has 2 heterocycles. The second-order valence-corrected chi connectivity index (χ2v) is 5.51. The molecule has 0 amide bonds. The normalized spacial score (nSPS) is 22.7. The van der Waals surface area contributed by atoms with E-state index in [1.165, 1.54) is 32.1 Å². The van der Waals surface area contributed by atoms with Crippen molar-refractivity contribution in [1.82, 2.24) is 20.2 Å². The number of nitrogens with zero attached hydrogens (tertiary/aromatic N) is 3. The van der Waals surface area contributed by atoms with E-state index in [-0.39, 0.29) is 0 Å². The summed E-state index contributed by atoms with van der Waals surface area (Å²) in [7, 11) is 0. The maximum absolute atomic E-state index is 5.33. The molecule has 106 valence electrons. The van der Waals surface area contributed by atoms with Crippen LogP contribution in [0.2, 0.25) is 0 Å². The number of hydrogen-bond donors (Lipinski definition) is 1. The zero-order valence-electron chi connectivity index (χ0n) is 11.6. The van der Waals surface area contributed by atoms with Gasteiger partial charge in [0, 0.05) is 19.3 Å². The molecule has 0 atom stereocenters. The molecule has 5 heteroatoms. The fourth-order valence-corrected chi connectivity index (χ4v) is 2.93. The molecule has 1 aromatic heterocycles. The second kappa shape index (κ2) is 6.50. The van der Waals surface area contributed by atoms with Gasteiger partial charge in [-0.25, -0.2) is 10.4 Å². The summed E-state index contributed by atoms with van der Waals surface area (Å²) in [5.74, 6) is 0. The summed E-state index contributed by atoms with van der Waals surface area (Å²) < 4.78 is 7.51. The fraction of sp³-hybridized carbons (Fsp3) is 0.786. The van der Waals surface area contributed by atoms with Crippen molar-refractivity contribution in [2.45, 2.75) is 44.7 Å². The number of rotatable bonds is 4. The number of morpholine rings is 1. The largest absolute Gasteiger partial charge is 0.379 e. The Labute approximate surface area is 114 Å². The Bertz CT molecular complexity index is 381. The van der Waals surface area contributed by atoms with Crippen molar-refractivity contribution in [3.8, 4) is 0 Å². The van der Waals surface area contributed by atoms with Crippen molar-refractivity contribution in [3.63, 3.8) is 0 Å². The minimum Gasteiger partial charge on any atom is -0.379 e. The van der Waals surface area contributed by atoms with Crippen molar-refractivity contribution < 1.29 is 4.74 Å². The summed E-state index contributed by atoms with van der Waals surface area (Å²) in [5, 5.41) is 6.94. The standard InChI is InChI=1S/C14H24N4O/c1-2-4-14(5-3-1)18-7-6-13(16-18)12-15-17-8-10-19-11-9-17/h6-7,14-15H,1-5,8-12H2. The highest BCUT2D eigenvalue weighted by Gasteiger charge is 2.16. The van der Waals surface area contributed by atoms with E-state index in [2.05, 4.69) is 27.4 Å². The molecule has 2 fully saturated rings. The topological polar surface area (TPSA) is 42.3 Å². The number of hydrazine groups is 1. The van der Waals surface area contributed by atoms with Crippen LogP contribution in [0.5, 0.6) is 0 Å². The third-order valence-electron chi connectivity index (χ3n) is 4.11. The zero-order valence-corrected chi connectivity index (χ0v) is 11.6. The van der Waals surface area contributed by atoms with E-state index in [4.69, 9.17) is 9.84 Å². The van der Waals surface area contributed by atoms with Gasteiger partial charge in [0.15, 0.2) is 0 Å². The highest BCUT2D eigenvalue weighted by Crippen LogP contribution is 2.27. The monoisotopic (exact) mass is 264 g/mol. The summed E-state index contributed by atoms with van der Waals surface area (Å²) in [6, 6.07) is 2.77. The molecule has 1 aliphatic heterocycles. The van der Waals surface area contributed by atoms with Gasteiger partial charge in [-0.2, -0.15) is 5.10 Å². The molecule has 2 aliphatic rings. The number of aromatic nitrogens is 2. The van der Waals surface area contributed by atoms with Crippen molar-refractivity contribution in [2.75, 3.05) is 26.3 Å². The van der Waals surface area contributed by atoms with Crippen LogP contribution in [-0.4, -0.2) is 41.1 Å². The van der Waals surface area contributed by atoms with Gasteiger partial charge in [-0.3, -0.25) is 4.68 Å². The van der Waals surface area contributed by atoms with Gasteiger partial charge in [-0.05, 0) is 18.9 Å². The van der Waals surface area contributed by atoms with E-state index in [9.17, 15) is 0 Å².